The van der Waals surface area contributed by atoms with Crippen LogP contribution in [0.4, 0.5) is 0 Å². The van der Waals surface area contributed by atoms with Crippen molar-refractivity contribution in [2.24, 2.45) is 0 Å². The van der Waals surface area contributed by atoms with Gasteiger partial charge < -0.3 is 40.3 Å². The number of rotatable bonds is 49. The summed E-state index contributed by atoms with van der Waals surface area (Å²) in [6.45, 7) is 3.78. The van der Waals surface area contributed by atoms with Crippen LogP contribution in [0.1, 0.15) is 271 Å². The molecule has 394 valence electrons. The lowest BCUT2D eigenvalue weighted by molar-refractivity contribution is -0.302. The Morgan fingerprint density at radius 3 is 1.28 bits per heavy atom. The van der Waals surface area contributed by atoms with Crippen LogP contribution in [0.3, 0.4) is 0 Å². The Morgan fingerprint density at radius 2 is 0.866 bits per heavy atom. The van der Waals surface area contributed by atoms with Gasteiger partial charge in [-0.3, -0.25) is 4.79 Å². The van der Waals surface area contributed by atoms with Crippen molar-refractivity contribution in [3.8, 4) is 0 Å². The minimum Gasteiger partial charge on any atom is -0.394 e. The fourth-order valence-electron chi connectivity index (χ4n) is 9.15. The number of amides is 1. The van der Waals surface area contributed by atoms with Crippen LogP contribution >= 0.6 is 0 Å². The van der Waals surface area contributed by atoms with Gasteiger partial charge in [-0.15, -0.1) is 0 Å². The Balaban J connectivity index is 2.23. The van der Waals surface area contributed by atoms with E-state index in [1.165, 1.54) is 205 Å². The number of unbranched alkanes of at least 4 members (excludes halogenated alkanes) is 36. The normalized spacial score (nSPS) is 19.9. The number of aliphatic hydroxyl groups excluding tert-OH is 5. The van der Waals surface area contributed by atoms with Crippen LogP contribution in [0.2, 0.25) is 0 Å². The Morgan fingerprint density at radius 1 is 0.507 bits per heavy atom. The fourth-order valence-corrected chi connectivity index (χ4v) is 9.15. The van der Waals surface area contributed by atoms with E-state index in [1.54, 1.807) is 6.08 Å². The SMILES string of the molecule is CCCCC/C=C\C=C/CCCCCCCCCCCCC(=O)NC(COC1OC(CO)C(O)C(O)C1O)C(O)/C=C/CCCCCCCCCCCCCCCCCCCCCCCCC. The second kappa shape index (κ2) is 48.1. The molecule has 1 rings (SSSR count). The molecule has 1 heterocycles. The van der Waals surface area contributed by atoms with E-state index in [2.05, 4.69) is 43.5 Å². The number of carbonyl (C=O) groups is 1. The molecule has 7 unspecified atom stereocenters. The summed E-state index contributed by atoms with van der Waals surface area (Å²) in [6.07, 6.45) is 54.9. The molecule has 0 aromatic rings. The molecular weight excluding hydrogens is 839 g/mol. The zero-order chi connectivity index (χ0) is 48.7. The van der Waals surface area contributed by atoms with E-state index in [4.69, 9.17) is 9.47 Å². The highest BCUT2D eigenvalue weighted by Gasteiger charge is 2.44. The van der Waals surface area contributed by atoms with Crippen molar-refractivity contribution in [1.82, 2.24) is 5.32 Å². The van der Waals surface area contributed by atoms with Crippen LogP contribution in [0.25, 0.3) is 0 Å². The average Bonchev–Trinajstić information content (AvgIpc) is 3.33. The molecule has 7 atom stereocenters. The van der Waals surface area contributed by atoms with E-state index in [0.717, 1.165) is 44.9 Å². The average molecular weight is 949 g/mol. The third kappa shape index (κ3) is 37.9. The van der Waals surface area contributed by atoms with E-state index < -0.39 is 49.5 Å². The predicted molar refractivity (Wildman–Crippen MR) is 281 cm³/mol. The smallest absolute Gasteiger partial charge is 0.220 e. The number of aliphatic hydroxyl groups is 5. The molecule has 1 fully saturated rings. The molecule has 1 saturated heterocycles. The number of allylic oxidation sites excluding steroid dienone is 5. The molecule has 67 heavy (non-hydrogen) atoms. The van der Waals surface area contributed by atoms with E-state index in [-0.39, 0.29) is 12.5 Å². The third-order valence-electron chi connectivity index (χ3n) is 13.7. The number of hydrogen-bond donors (Lipinski definition) is 6. The summed E-state index contributed by atoms with van der Waals surface area (Å²) in [5, 5.41) is 54.5. The topological polar surface area (TPSA) is 149 Å². The first-order chi connectivity index (χ1) is 32.8. The van der Waals surface area contributed by atoms with E-state index in [1.807, 2.05) is 6.08 Å². The first-order valence-electron chi connectivity index (χ1n) is 28.7. The largest absolute Gasteiger partial charge is 0.394 e. The summed E-state index contributed by atoms with van der Waals surface area (Å²) in [5.41, 5.74) is 0. The molecule has 0 bridgehead atoms. The van der Waals surface area contributed by atoms with Gasteiger partial charge in [0, 0.05) is 6.42 Å². The zero-order valence-corrected chi connectivity index (χ0v) is 43.7. The molecule has 0 aliphatic carbocycles. The standard InChI is InChI=1S/C58H109NO8/c1-3-5-7-9-11-13-15-17-19-21-23-24-25-26-27-28-30-31-33-35-37-39-41-43-45-47-52(61)51(50-66-58-57(65)56(64)55(63)53(49-60)67-58)59-54(62)48-46-44-42-40-38-36-34-32-29-22-20-18-16-14-12-10-8-6-4-2/h12,14,16,18,45,47,51-53,55-58,60-61,63-65H,3-11,13,15,17,19-44,46,48-50H2,1-2H3,(H,59,62)/b14-12-,18-16-,47-45+. The number of ether oxygens (including phenoxy) is 2. The maximum atomic E-state index is 13.0. The Kier molecular flexibility index (Phi) is 45.5. The fraction of sp³-hybridized carbons (Fsp3) is 0.879. The minimum atomic E-state index is -1.57. The van der Waals surface area contributed by atoms with Crippen LogP contribution in [-0.4, -0.2) is 87.5 Å². The van der Waals surface area contributed by atoms with Gasteiger partial charge in [-0.2, -0.15) is 0 Å². The first kappa shape index (κ1) is 63.4. The summed E-state index contributed by atoms with van der Waals surface area (Å²) in [4.78, 5) is 13.0. The van der Waals surface area contributed by atoms with Crippen molar-refractivity contribution in [3.63, 3.8) is 0 Å². The van der Waals surface area contributed by atoms with Crippen LogP contribution < -0.4 is 5.32 Å². The highest BCUT2D eigenvalue weighted by atomic mass is 16.7. The second-order valence-corrected chi connectivity index (χ2v) is 20.1. The summed E-state index contributed by atoms with van der Waals surface area (Å²) in [5.74, 6) is -0.178. The second-order valence-electron chi connectivity index (χ2n) is 20.1. The lowest BCUT2D eigenvalue weighted by atomic mass is 9.99. The van der Waals surface area contributed by atoms with Gasteiger partial charge in [-0.1, -0.05) is 256 Å². The quantitative estimate of drug-likeness (QED) is 0.0201. The first-order valence-corrected chi connectivity index (χ1v) is 28.7. The monoisotopic (exact) mass is 948 g/mol. The van der Waals surface area contributed by atoms with Crippen LogP contribution in [0, 0.1) is 0 Å². The van der Waals surface area contributed by atoms with Gasteiger partial charge in [0.05, 0.1) is 25.4 Å². The Hall–Kier alpha value is -1.59. The molecule has 9 heteroatoms. The van der Waals surface area contributed by atoms with E-state index in [9.17, 15) is 30.3 Å². The molecule has 1 amide bonds. The molecule has 1 aliphatic rings. The van der Waals surface area contributed by atoms with Gasteiger partial charge in [0.25, 0.3) is 0 Å². The molecule has 6 N–H and O–H groups in total. The lowest BCUT2D eigenvalue weighted by Gasteiger charge is -2.40. The van der Waals surface area contributed by atoms with Crippen LogP contribution in [0.15, 0.2) is 36.5 Å². The predicted octanol–water partition coefficient (Wildman–Crippen LogP) is 14.0. The maximum Gasteiger partial charge on any atom is 0.220 e. The number of hydrogen-bond acceptors (Lipinski definition) is 8. The Bertz CT molecular complexity index is 1150. The highest BCUT2D eigenvalue weighted by Crippen LogP contribution is 2.23. The number of carbonyl (C=O) groups excluding carboxylic acids is 1. The summed E-state index contributed by atoms with van der Waals surface area (Å²) < 4.78 is 11.3. The van der Waals surface area contributed by atoms with Gasteiger partial charge in [0.1, 0.15) is 24.4 Å². The van der Waals surface area contributed by atoms with Gasteiger partial charge in [-0.25, -0.2) is 0 Å². The molecule has 0 aromatic heterocycles. The summed E-state index contributed by atoms with van der Waals surface area (Å²) >= 11 is 0. The van der Waals surface area contributed by atoms with Crippen molar-refractivity contribution in [3.05, 3.63) is 36.5 Å². The van der Waals surface area contributed by atoms with Crippen molar-refractivity contribution < 1.29 is 39.8 Å². The van der Waals surface area contributed by atoms with Crippen molar-refractivity contribution in [2.45, 2.75) is 314 Å². The molecule has 0 spiro atoms. The van der Waals surface area contributed by atoms with Crippen LogP contribution in [-0.2, 0) is 14.3 Å². The van der Waals surface area contributed by atoms with E-state index in [0.29, 0.717) is 6.42 Å². The highest BCUT2D eigenvalue weighted by molar-refractivity contribution is 5.76. The van der Waals surface area contributed by atoms with Gasteiger partial charge in [-0.05, 0) is 44.9 Å². The van der Waals surface area contributed by atoms with Gasteiger partial charge in [0.2, 0.25) is 5.91 Å². The number of nitrogens with one attached hydrogen (secondary N) is 1. The maximum absolute atomic E-state index is 13.0. The molecule has 1 aliphatic heterocycles. The zero-order valence-electron chi connectivity index (χ0n) is 43.7. The van der Waals surface area contributed by atoms with Crippen molar-refractivity contribution in [1.29, 1.82) is 0 Å². The Labute approximate surface area is 412 Å². The molecular formula is C58H109NO8. The molecule has 0 radical (unpaired) electrons. The molecule has 0 aromatic carbocycles. The van der Waals surface area contributed by atoms with Crippen molar-refractivity contribution in [2.75, 3.05) is 13.2 Å². The van der Waals surface area contributed by atoms with Gasteiger partial charge in [0.15, 0.2) is 6.29 Å². The third-order valence-corrected chi connectivity index (χ3v) is 13.7. The molecule has 9 nitrogen and oxygen atoms in total. The van der Waals surface area contributed by atoms with Crippen LogP contribution in [0.5, 0.6) is 0 Å². The minimum absolute atomic E-state index is 0.178. The molecule has 0 saturated carbocycles. The summed E-state index contributed by atoms with van der Waals surface area (Å²) in [7, 11) is 0. The van der Waals surface area contributed by atoms with Crippen molar-refractivity contribution >= 4 is 5.91 Å². The lowest BCUT2D eigenvalue weighted by Crippen LogP contribution is -2.60. The summed E-state index contributed by atoms with van der Waals surface area (Å²) in [6, 6.07) is -0.807. The van der Waals surface area contributed by atoms with E-state index >= 15 is 0 Å². The van der Waals surface area contributed by atoms with Gasteiger partial charge >= 0.3 is 0 Å².